The molecule has 2 aromatic heterocycles. The molecule has 0 atom stereocenters. The Bertz CT molecular complexity index is 1130. The Labute approximate surface area is 159 Å². The van der Waals surface area contributed by atoms with Crippen molar-refractivity contribution < 1.29 is 4.74 Å². The molecule has 142 valence electrons. The Hall–Kier alpha value is -2.91. The molecule has 0 unspecified atom stereocenters. The molecule has 0 saturated heterocycles. The maximum absolute atomic E-state index is 12.6. The van der Waals surface area contributed by atoms with Crippen molar-refractivity contribution in [2.45, 2.75) is 6.54 Å². The number of methoxy groups -OCH3 is 1. The number of nitrogens with one attached hydrogen (secondary N) is 1. The number of hydrogen-bond donors (Lipinski definition) is 1. The zero-order valence-corrected chi connectivity index (χ0v) is 15.9. The minimum Gasteiger partial charge on any atom is -0.383 e. The Morgan fingerprint density at radius 3 is 2.70 bits per heavy atom. The largest absolute Gasteiger partial charge is 0.383 e. The molecule has 2 heterocycles. The molecule has 0 radical (unpaired) electrons. The van der Waals surface area contributed by atoms with Gasteiger partial charge >= 0.3 is 5.69 Å². The fraction of sp³-hybridized carbons (Fsp3) is 0.294. The molecular formula is C17H19ClN6O3. The Morgan fingerprint density at radius 1 is 1.26 bits per heavy atom. The number of benzene rings is 1. The van der Waals surface area contributed by atoms with Crippen molar-refractivity contribution in [3.05, 3.63) is 55.7 Å². The number of anilines is 1. The lowest BCUT2D eigenvalue weighted by Crippen LogP contribution is -2.37. The predicted molar refractivity (Wildman–Crippen MR) is 105 cm³/mol. The van der Waals surface area contributed by atoms with Crippen LogP contribution in [0.3, 0.4) is 0 Å². The van der Waals surface area contributed by atoms with Crippen LogP contribution in [0.4, 0.5) is 5.95 Å². The molecule has 0 amide bonds. The number of halogens is 1. The number of aromatic nitrogens is 4. The van der Waals surface area contributed by atoms with Gasteiger partial charge < -0.3 is 9.30 Å². The number of hydrazone groups is 1. The van der Waals surface area contributed by atoms with E-state index in [4.69, 9.17) is 16.3 Å². The third-order valence-corrected chi connectivity index (χ3v) is 4.48. The Balaban J connectivity index is 2.08. The van der Waals surface area contributed by atoms with Gasteiger partial charge in [-0.05, 0) is 6.07 Å². The first-order chi connectivity index (χ1) is 13.0. The number of fused-ring (bicyclic) bond motifs is 1. The van der Waals surface area contributed by atoms with E-state index in [0.717, 1.165) is 10.1 Å². The van der Waals surface area contributed by atoms with E-state index in [-0.39, 0.29) is 5.65 Å². The van der Waals surface area contributed by atoms with E-state index in [1.807, 2.05) is 18.2 Å². The summed E-state index contributed by atoms with van der Waals surface area (Å²) >= 11 is 6.11. The third-order valence-electron chi connectivity index (χ3n) is 4.14. The van der Waals surface area contributed by atoms with Crippen molar-refractivity contribution in [3.8, 4) is 0 Å². The topological polar surface area (TPSA) is 95.4 Å². The molecule has 10 heteroatoms. The molecule has 0 fully saturated rings. The standard InChI is InChI=1S/C17H19ClN6O3/c1-22-14-13(15(25)23(2)17(22)26)24(8-9-27-3)16(20-14)21-19-10-11-6-4-5-7-12(11)18/h4-7,10H,8-9H2,1-3H3,(H,20,21)/b19-10-. The molecule has 0 bridgehead atoms. The first-order valence-corrected chi connectivity index (χ1v) is 8.52. The average Bonchev–Trinajstić information content (AvgIpc) is 3.03. The fourth-order valence-corrected chi connectivity index (χ4v) is 2.86. The Kier molecular flexibility index (Phi) is 5.43. The van der Waals surface area contributed by atoms with Gasteiger partial charge in [-0.25, -0.2) is 10.2 Å². The minimum atomic E-state index is -0.449. The van der Waals surface area contributed by atoms with Gasteiger partial charge in [0.1, 0.15) is 0 Å². The molecule has 1 N–H and O–H groups in total. The number of nitrogens with zero attached hydrogens (tertiary/aromatic N) is 5. The van der Waals surface area contributed by atoms with Gasteiger partial charge in [0.05, 0.1) is 12.8 Å². The van der Waals surface area contributed by atoms with Crippen molar-refractivity contribution >= 4 is 34.9 Å². The van der Waals surface area contributed by atoms with Gasteiger partial charge in [-0.3, -0.25) is 13.9 Å². The number of imidazole rings is 1. The van der Waals surface area contributed by atoms with Crippen LogP contribution in [-0.2, 0) is 25.4 Å². The molecular weight excluding hydrogens is 372 g/mol. The molecule has 0 spiro atoms. The summed E-state index contributed by atoms with van der Waals surface area (Å²) in [6.45, 7) is 0.727. The van der Waals surface area contributed by atoms with Crippen LogP contribution in [0.2, 0.25) is 5.02 Å². The van der Waals surface area contributed by atoms with Crippen LogP contribution in [0.15, 0.2) is 39.0 Å². The zero-order valence-electron chi connectivity index (χ0n) is 15.1. The van der Waals surface area contributed by atoms with E-state index < -0.39 is 11.2 Å². The Morgan fingerprint density at radius 2 is 2.00 bits per heavy atom. The highest BCUT2D eigenvalue weighted by atomic mass is 35.5. The van der Waals surface area contributed by atoms with Crippen LogP contribution in [-0.4, -0.2) is 38.6 Å². The van der Waals surface area contributed by atoms with Crippen molar-refractivity contribution in [1.82, 2.24) is 18.7 Å². The van der Waals surface area contributed by atoms with Gasteiger partial charge in [-0.15, -0.1) is 0 Å². The highest BCUT2D eigenvalue weighted by molar-refractivity contribution is 6.33. The van der Waals surface area contributed by atoms with E-state index in [1.54, 1.807) is 31.0 Å². The summed E-state index contributed by atoms with van der Waals surface area (Å²) in [5, 5.41) is 4.72. The third kappa shape index (κ3) is 3.51. The number of hydrogen-bond acceptors (Lipinski definition) is 6. The first kappa shape index (κ1) is 18.9. The van der Waals surface area contributed by atoms with E-state index in [2.05, 4.69) is 15.5 Å². The summed E-state index contributed by atoms with van der Waals surface area (Å²) in [5.74, 6) is 0.323. The normalized spacial score (nSPS) is 11.6. The summed E-state index contributed by atoms with van der Waals surface area (Å²) < 4.78 is 9.13. The van der Waals surface area contributed by atoms with Crippen molar-refractivity contribution in [3.63, 3.8) is 0 Å². The molecule has 3 rings (SSSR count). The SMILES string of the molecule is COCCn1c(N/N=C\c2ccccc2Cl)nc2c1c(=O)n(C)c(=O)n2C. The van der Waals surface area contributed by atoms with Crippen molar-refractivity contribution in [1.29, 1.82) is 0 Å². The number of rotatable bonds is 6. The van der Waals surface area contributed by atoms with E-state index in [9.17, 15) is 9.59 Å². The monoisotopic (exact) mass is 390 g/mol. The average molecular weight is 391 g/mol. The molecule has 3 aromatic rings. The van der Waals surface area contributed by atoms with E-state index >= 15 is 0 Å². The van der Waals surface area contributed by atoms with Gasteiger partial charge in [0.2, 0.25) is 5.95 Å². The maximum Gasteiger partial charge on any atom is 0.332 e. The van der Waals surface area contributed by atoms with E-state index in [0.29, 0.717) is 29.6 Å². The van der Waals surface area contributed by atoms with E-state index in [1.165, 1.54) is 11.6 Å². The van der Waals surface area contributed by atoms with Gasteiger partial charge in [-0.2, -0.15) is 10.1 Å². The molecule has 9 nitrogen and oxygen atoms in total. The van der Waals surface area contributed by atoms with Gasteiger partial charge in [0, 0.05) is 38.3 Å². The highest BCUT2D eigenvalue weighted by Crippen LogP contribution is 2.16. The maximum atomic E-state index is 12.6. The van der Waals surface area contributed by atoms with Crippen LogP contribution < -0.4 is 16.7 Å². The summed E-state index contributed by atoms with van der Waals surface area (Å²) in [4.78, 5) is 29.1. The van der Waals surface area contributed by atoms with Crippen molar-refractivity contribution in [2.24, 2.45) is 19.2 Å². The second-order valence-electron chi connectivity index (χ2n) is 5.85. The van der Waals surface area contributed by atoms with Crippen LogP contribution in [0.25, 0.3) is 11.2 Å². The summed E-state index contributed by atoms with van der Waals surface area (Å²) in [6.07, 6.45) is 1.56. The lowest BCUT2D eigenvalue weighted by molar-refractivity contribution is 0.188. The van der Waals surface area contributed by atoms with Crippen LogP contribution in [0, 0.1) is 0 Å². The quantitative estimate of drug-likeness (QED) is 0.503. The lowest BCUT2D eigenvalue weighted by Gasteiger charge is -2.08. The predicted octanol–water partition coefficient (Wildman–Crippen LogP) is 1.18. The molecule has 1 aromatic carbocycles. The summed E-state index contributed by atoms with van der Waals surface area (Å²) in [5.41, 5.74) is 3.25. The minimum absolute atomic E-state index is 0.273. The molecule has 27 heavy (non-hydrogen) atoms. The second-order valence-corrected chi connectivity index (χ2v) is 6.26. The molecule has 0 aliphatic carbocycles. The van der Waals surface area contributed by atoms with Gasteiger partial charge in [-0.1, -0.05) is 29.8 Å². The van der Waals surface area contributed by atoms with Crippen LogP contribution in [0.5, 0.6) is 0 Å². The summed E-state index contributed by atoms with van der Waals surface area (Å²) in [6, 6.07) is 7.26. The highest BCUT2D eigenvalue weighted by Gasteiger charge is 2.18. The molecule has 0 aliphatic rings. The van der Waals surface area contributed by atoms with Crippen LogP contribution >= 0.6 is 11.6 Å². The smallest absolute Gasteiger partial charge is 0.332 e. The summed E-state index contributed by atoms with van der Waals surface area (Å²) in [7, 11) is 4.56. The van der Waals surface area contributed by atoms with Gasteiger partial charge in [0.15, 0.2) is 11.2 Å². The lowest BCUT2D eigenvalue weighted by atomic mass is 10.2. The fourth-order valence-electron chi connectivity index (χ4n) is 2.67. The molecule has 0 aliphatic heterocycles. The second kappa shape index (κ2) is 7.77. The van der Waals surface area contributed by atoms with Gasteiger partial charge in [0.25, 0.3) is 5.56 Å². The first-order valence-electron chi connectivity index (χ1n) is 8.14. The van der Waals surface area contributed by atoms with Crippen LogP contribution in [0.1, 0.15) is 5.56 Å². The molecule has 0 saturated carbocycles. The van der Waals surface area contributed by atoms with Crippen molar-refractivity contribution in [2.75, 3.05) is 19.1 Å². The number of aryl methyl sites for hydroxylation is 1. The zero-order chi connectivity index (χ0) is 19.6. The number of ether oxygens (including phenoxy) is 1.